The molecule has 0 radical (unpaired) electrons. The molecule has 1 heterocycles. The lowest BCUT2D eigenvalue weighted by atomic mass is 10.1. The lowest BCUT2D eigenvalue weighted by Crippen LogP contribution is -2.17. The van der Waals surface area contributed by atoms with Gasteiger partial charge in [-0.05, 0) is 6.92 Å². The minimum Gasteiger partial charge on any atom is -0.466 e. The third kappa shape index (κ3) is 3.53. The zero-order valence-electron chi connectivity index (χ0n) is 9.63. The van der Waals surface area contributed by atoms with Crippen LogP contribution in [0.4, 0.5) is 8.78 Å². The molecule has 7 heteroatoms. The number of alkyl halides is 3. The average molecular weight is 280 g/mol. The maximum atomic E-state index is 12.7. The quantitative estimate of drug-likeness (QED) is 0.664. The Morgan fingerprint density at radius 1 is 1.56 bits per heavy atom. The molecule has 18 heavy (non-hydrogen) atoms. The maximum absolute atomic E-state index is 12.7. The number of nitrogens with one attached hydrogen (secondary N) is 1. The molecular weight excluding hydrogens is 268 g/mol. The summed E-state index contributed by atoms with van der Waals surface area (Å²) >= 11 is 5.44. The molecule has 1 aromatic rings. The molecule has 0 aliphatic heterocycles. The van der Waals surface area contributed by atoms with Crippen molar-refractivity contribution in [2.24, 2.45) is 0 Å². The molecule has 0 aliphatic rings. The fourth-order valence-corrected chi connectivity index (χ4v) is 1.73. The number of pyridine rings is 1. The Morgan fingerprint density at radius 3 is 2.72 bits per heavy atom. The second kappa shape index (κ2) is 6.49. The van der Waals surface area contributed by atoms with Gasteiger partial charge < -0.3 is 9.72 Å². The van der Waals surface area contributed by atoms with Crippen LogP contribution >= 0.6 is 11.6 Å². The van der Waals surface area contributed by atoms with Crippen LogP contribution in [-0.2, 0) is 21.8 Å². The highest BCUT2D eigenvalue weighted by molar-refractivity contribution is 6.17. The minimum atomic E-state index is -2.85. The van der Waals surface area contributed by atoms with E-state index in [1.54, 1.807) is 6.92 Å². The minimum absolute atomic E-state index is 0.0858. The number of ether oxygens (including phenoxy) is 1. The van der Waals surface area contributed by atoms with Gasteiger partial charge in [0, 0.05) is 17.3 Å². The van der Waals surface area contributed by atoms with Crippen molar-refractivity contribution in [1.82, 2.24) is 4.98 Å². The van der Waals surface area contributed by atoms with Crippen molar-refractivity contribution in [2.45, 2.75) is 25.7 Å². The van der Waals surface area contributed by atoms with Gasteiger partial charge in [0.25, 0.3) is 6.43 Å². The SMILES string of the molecule is CCOC(=O)Cc1cc(=O)c(CCl)c(C(F)F)[nH]1. The number of rotatable bonds is 5. The van der Waals surface area contributed by atoms with Crippen molar-refractivity contribution in [3.63, 3.8) is 0 Å². The van der Waals surface area contributed by atoms with Gasteiger partial charge in [0.1, 0.15) is 0 Å². The smallest absolute Gasteiger partial charge is 0.311 e. The Bertz CT molecular complexity index is 488. The standard InChI is InChI=1S/C11H12ClF2NO3/c1-2-18-9(17)4-6-3-8(16)7(5-12)10(15-6)11(13)14/h3,11H,2,4-5H2,1H3,(H,15,16). The molecule has 100 valence electrons. The van der Waals surface area contributed by atoms with Crippen molar-refractivity contribution in [3.8, 4) is 0 Å². The summed E-state index contributed by atoms with van der Waals surface area (Å²) in [6.07, 6.45) is -3.11. The summed E-state index contributed by atoms with van der Waals surface area (Å²) in [5, 5.41) is 0. The van der Waals surface area contributed by atoms with E-state index in [2.05, 4.69) is 9.72 Å². The number of hydrogen-bond donors (Lipinski definition) is 1. The van der Waals surface area contributed by atoms with Crippen molar-refractivity contribution < 1.29 is 18.3 Å². The van der Waals surface area contributed by atoms with E-state index < -0.39 is 23.5 Å². The molecular formula is C11H12ClF2NO3. The van der Waals surface area contributed by atoms with Gasteiger partial charge >= 0.3 is 5.97 Å². The molecule has 1 N–H and O–H groups in total. The third-order valence-electron chi connectivity index (χ3n) is 2.22. The molecule has 0 bridgehead atoms. The molecule has 0 saturated carbocycles. The predicted molar refractivity (Wildman–Crippen MR) is 61.9 cm³/mol. The topological polar surface area (TPSA) is 59.2 Å². The first kappa shape index (κ1) is 14.6. The predicted octanol–water partition coefficient (Wildman–Crippen LogP) is 2.16. The number of carbonyl (C=O) groups is 1. The largest absolute Gasteiger partial charge is 0.466 e. The van der Waals surface area contributed by atoms with Crippen LogP contribution in [0.25, 0.3) is 0 Å². The van der Waals surface area contributed by atoms with Crippen LogP contribution in [-0.4, -0.2) is 17.6 Å². The fraction of sp³-hybridized carbons (Fsp3) is 0.455. The van der Waals surface area contributed by atoms with Crippen molar-refractivity contribution in [3.05, 3.63) is 33.2 Å². The number of H-pyrrole nitrogens is 1. The number of hydrogen-bond acceptors (Lipinski definition) is 3. The Labute approximate surface area is 107 Å². The molecule has 1 aromatic heterocycles. The van der Waals surface area contributed by atoms with E-state index in [9.17, 15) is 18.4 Å². The van der Waals surface area contributed by atoms with E-state index in [1.165, 1.54) is 0 Å². The van der Waals surface area contributed by atoms with Gasteiger partial charge in [-0.3, -0.25) is 9.59 Å². The normalized spacial score (nSPS) is 10.7. The highest BCUT2D eigenvalue weighted by Gasteiger charge is 2.18. The van der Waals surface area contributed by atoms with Crippen molar-refractivity contribution >= 4 is 17.6 Å². The van der Waals surface area contributed by atoms with Gasteiger partial charge in [0.05, 0.1) is 24.6 Å². The van der Waals surface area contributed by atoms with Gasteiger partial charge in [-0.25, -0.2) is 8.78 Å². The Hall–Kier alpha value is -1.43. The van der Waals surface area contributed by atoms with E-state index in [1.807, 2.05) is 0 Å². The Morgan fingerprint density at radius 2 is 2.22 bits per heavy atom. The van der Waals surface area contributed by atoms with Crippen LogP contribution in [0, 0.1) is 0 Å². The van der Waals surface area contributed by atoms with Crippen LogP contribution < -0.4 is 5.43 Å². The van der Waals surface area contributed by atoms with Crippen LogP contribution in [0.15, 0.2) is 10.9 Å². The van der Waals surface area contributed by atoms with Crippen LogP contribution in [0.1, 0.15) is 30.3 Å². The van der Waals surface area contributed by atoms with Gasteiger partial charge in [-0.1, -0.05) is 0 Å². The molecule has 0 fully saturated rings. The summed E-state index contributed by atoms with van der Waals surface area (Å²) in [5.41, 5.74) is -1.25. The number of aromatic nitrogens is 1. The summed E-state index contributed by atoms with van der Waals surface area (Å²) in [6.45, 7) is 1.81. The Balaban J connectivity index is 3.09. The lowest BCUT2D eigenvalue weighted by molar-refractivity contribution is -0.142. The van der Waals surface area contributed by atoms with Gasteiger partial charge in [-0.15, -0.1) is 11.6 Å². The highest BCUT2D eigenvalue weighted by atomic mass is 35.5. The van der Waals surface area contributed by atoms with E-state index >= 15 is 0 Å². The zero-order valence-corrected chi connectivity index (χ0v) is 10.4. The summed E-state index contributed by atoms with van der Waals surface area (Å²) in [4.78, 5) is 25.1. The number of halogens is 3. The average Bonchev–Trinajstić information content (AvgIpc) is 2.28. The molecule has 0 aromatic carbocycles. The van der Waals surface area contributed by atoms with E-state index in [4.69, 9.17) is 11.6 Å². The van der Waals surface area contributed by atoms with E-state index in [0.717, 1.165) is 6.07 Å². The lowest BCUT2D eigenvalue weighted by Gasteiger charge is -2.09. The second-order valence-electron chi connectivity index (χ2n) is 3.47. The molecule has 0 aliphatic carbocycles. The van der Waals surface area contributed by atoms with Gasteiger partial charge in [0.15, 0.2) is 5.43 Å². The maximum Gasteiger partial charge on any atom is 0.311 e. The summed E-state index contributed by atoms with van der Waals surface area (Å²) in [6, 6.07) is 1.08. The molecule has 1 rings (SSSR count). The summed E-state index contributed by atoms with van der Waals surface area (Å²) in [7, 11) is 0. The molecule has 0 spiro atoms. The van der Waals surface area contributed by atoms with Crippen LogP contribution in [0.3, 0.4) is 0 Å². The van der Waals surface area contributed by atoms with Gasteiger partial charge in [-0.2, -0.15) is 0 Å². The first-order valence-corrected chi connectivity index (χ1v) is 5.77. The molecule has 0 amide bonds. The first-order chi connectivity index (χ1) is 8.49. The number of carbonyl (C=O) groups excluding carboxylic acids is 1. The van der Waals surface area contributed by atoms with E-state index in [-0.39, 0.29) is 30.2 Å². The van der Waals surface area contributed by atoms with Crippen LogP contribution in [0.5, 0.6) is 0 Å². The molecule has 0 unspecified atom stereocenters. The highest BCUT2D eigenvalue weighted by Crippen LogP contribution is 2.20. The fourth-order valence-electron chi connectivity index (χ4n) is 1.45. The van der Waals surface area contributed by atoms with Gasteiger partial charge in [0.2, 0.25) is 0 Å². The zero-order chi connectivity index (χ0) is 13.7. The van der Waals surface area contributed by atoms with Crippen molar-refractivity contribution in [2.75, 3.05) is 6.61 Å². The number of aromatic amines is 1. The van der Waals surface area contributed by atoms with E-state index in [0.29, 0.717) is 0 Å². The third-order valence-corrected chi connectivity index (χ3v) is 2.48. The summed E-state index contributed by atoms with van der Waals surface area (Å²) < 4.78 is 30.1. The summed E-state index contributed by atoms with van der Waals surface area (Å²) in [5.74, 6) is -0.902. The van der Waals surface area contributed by atoms with Crippen molar-refractivity contribution in [1.29, 1.82) is 0 Å². The van der Waals surface area contributed by atoms with Crippen LogP contribution in [0.2, 0.25) is 0 Å². The molecule has 0 atom stereocenters. The second-order valence-corrected chi connectivity index (χ2v) is 3.73. The molecule has 0 saturated heterocycles. The Kier molecular flexibility index (Phi) is 5.27. The monoisotopic (exact) mass is 279 g/mol. The number of esters is 1. The first-order valence-electron chi connectivity index (χ1n) is 5.24. The molecule has 4 nitrogen and oxygen atoms in total.